The van der Waals surface area contributed by atoms with Crippen molar-refractivity contribution in [2.75, 3.05) is 26.4 Å². The van der Waals surface area contributed by atoms with Crippen molar-refractivity contribution < 1.29 is 47.6 Å². The summed E-state index contributed by atoms with van der Waals surface area (Å²) in [7, 11) is 0. The zero-order chi connectivity index (χ0) is 32.9. The minimum atomic E-state index is -0.625. The third kappa shape index (κ3) is 10.7. The van der Waals surface area contributed by atoms with Gasteiger partial charge < -0.3 is 28.4 Å². The molecule has 3 rings (SSSR count). The van der Waals surface area contributed by atoms with Crippen molar-refractivity contribution in [3.05, 3.63) is 96.6 Å². The Labute approximate surface area is 261 Å². The van der Waals surface area contributed by atoms with E-state index in [-0.39, 0.29) is 43.3 Å². The highest BCUT2D eigenvalue weighted by Gasteiger charge is 2.15. The van der Waals surface area contributed by atoms with Gasteiger partial charge in [-0.25, -0.2) is 19.2 Å². The molecule has 0 saturated heterocycles. The molecule has 0 fully saturated rings. The topological polar surface area (TPSA) is 124 Å². The first-order valence-electron chi connectivity index (χ1n) is 14.1. The Bertz CT molecular complexity index is 1620. The molecule has 0 heterocycles. The van der Waals surface area contributed by atoms with Gasteiger partial charge in [0.1, 0.15) is 11.5 Å². The van der Waals surface area contributed by atoms with E-state index in [9.17, 15) is 19.2 Å². The fraction of sp³-hybridized carbons (Fsp3) is 0.257. The highest BCUT2D eigenvalue weighted by Crippen LogP contribution is 2.30. The van der Waals surface area contributed by atoms with Gasteiger partial charge in [-0.3, -0.25) is 0 Å². The monoisotopic (exact) mass is 616 g/mol. The molecule has 0 aromatic heterocycles. The van der Waals surface area contributed by atoms with Gasteiger partial charge in [0.2, 0.25) is 0 Å². The van der Waals surface area contributed by atoms with Crippen molar-refractivity contribution in [1.82, 2.24) is 0 Å². The third-order valence-corrected chi connectivity index (χ3v) is 5.99. The van der Waals surface area contributed by atoms with Crippen molar-refractivity contribution in [2.45, 2.75) is 33.6 Å². The average Bonchev–Trinajstić information content (AvgIpc) is 3.00. The maximum absolute atomic E-state index is 13.1. The summed E-state index contributed by atoms with van der Waals surface area (Å²) in [6, 6.07) is 14.8. The third-order valence-electron chi connectivity index (χ3n) is 5.99. The van der Waals surface area contributed by atoms with Crippen LogP contribution in [0, 0.1) is 0 Å². The van der Waals surface area contributed by atoms with Crippen LogP contribution in [0.2, 0.25) is 0 Å². The summed E-state index contributed by atoms with van der Waals surface area (Å²) in [6.07, 6.45) is 0.800. The van der Waals surface area contributed by atoms with Crippen LogP contribution in [-0.2, 0) is 23.9 Å². The second kappa shape index (κ2) is 16.5. The number of fused-ring (bicyclic) bond motifs is 1. The van der Waals surface area contributed by atoms with Crippen molar-refractivity contribution in [1.29, 1.82) is 0 Å². The Hall–Kier alpha value is -5.38. The van der Waals surface area contributed by atoms with Gasteiger partial charge in [0.05, 0.1) is 32.0 Å². The maximum atomic E-state index is 13.1. The van der Waals surface area contributed by atoms with Gasteiger partial charge in [-0.15, -0.1) is 0 Å². The molecule has 0 radical (unpaired) electrons. The molecule has 0 bridgehead atoms. The first-order chi connectivity index (χ1) is 21.4. The number of benzene rings is 3. The second-order valence-electron chi connectivity index (χ2n) is 10.1. The molecule has 10 heteroatoms. The van der Waals surface area contributed by atoms with E-state index in [4.69, 9.17) is 28.4 Å². The Morgan fingerprint density at radius 3 is 1.56 bits per heavy atom. The summed E-state index contributed by atoms with van der Waals surface area (Å²) in [5.74, 6) is -0.779. The fourth-order valence-corrected chi connectivity index (χ4v) is 3.61. The number of carbonyl (C=O) groups excluding carboxylic acids is 4. The molecule has 3 aromatic carbocycles. The van der Waals surface area contributed by atoms with E-state index < -0.39 is 23.9 Å². The number of hydrogen-bond acceptors (Lipinski definition) is 10. The second-order valence-corrected chi connectivity index (χ2v) is 10.1. The summed E-state index contributed by atoms with van der Waals surface area (Å²) in [5, 5.41) is 1.55. The minimum Gasteiger partial charge on any atom is -0.490 e. The van der Waals surface area contributed by atoms with Crippen molar-refractivity contribution in [2.24, 2.45) is 0 Å². The smallest absolute Gasteiger partial charge is 0.343 e. The van der Waals surface area contributed by atoms with Gasteiger partial charge in [-0.2, -0.15) is 0 Å². The van der Waals surface area contributed by atoms with Crippen LogP contribution >= 0.6 is 0 Å². The molecule has 0 saturated carbocycles. The lowest BCUT2D eigenvalue weighted by atomic mass is 10.1. The lowest BCUT2D eigenvalue weighted by Gasteiger charge is -2.14. The predicted octanol–water partition coefficient (Wildman–Crippen LogP) is 6.32. The molecule has 0 amide bonds. The van der Waals surface area contributed by atoms with E-state index in [0.717, 1.165) is 10.8 Å². The molecule has 3 aromatic rings. The Morgan fingerprint density at radius 2 is 1.04 bits per heavy atom. The average molecular weight is 617 g/mol. The quantitative estimate of drug-likeness (QED) is 0.0782. The molecular weight excluding hydrogens is 580 g/mol. The molecular formula is C35H36O10. The molecule has 0 aliphatic carbocycles. The van der Waals surface area contributed by atoms with Crippen LogP contribution in [-0.4, -0.2) is 50.3 Å². The molecule has 0 N–H and O–H groups in total. The van der Waals surface area contributed by atoms with Gasteiger partial charge in [0.25, 0.3) is 0 Å². The van der Waals surface area contributed by atoms with Gasteiger partial charge in [-0.05, 0) is 74.0 Å². The van der Waals surface area contributed by atoms with Gasteiger partial charge in [0, 0.05) is 29.6 Å². The summed E-state index contributed by atoms with van der Waals surface area (Å²) in [5.41, 5.74) is 1.11. The van der Waals surface area contributed by atoms with Gasteiger partial charge in [0.15, 0.2) is 11.5 Å². The SMILES string of the molecule is C=C(C)C(=O)OCCCOc1ccc(C(=O)Oc2ccc3cc(OC(=O)C(=C)C)ccc3c2)cc1OCCCOC(=O)C(=C)C. The maximum Gasteiger partial charge on any atom is 0.343 e. The number of ether oxygens (including phenoxy) is 6. The van der Waals surface area contributed by atoms with Crippen LogP contribution in [0.25, 0.3) is 10.8 Å². The van der Waals surface area contributed by atoms with E-state index in [2.05, 4.69) is 19.7 Å². The van der Waals surface area contributed by atoms with E-state index in [0.29, 0.717) is 41.2 Å². The first-order valence-corrected chi connectivity index (χ1v) is 14.1. The zero-order valence-corrected chi connectivity index (χ0v) is 25.6. The van der Waals surface area contributed by atoms with Crippen molar-refractivity contribution >= 4 is 34.6 Å². The minimum absolute atomic E-state index is 0.123. The number of hydrogen-bond donors (Lipinski definition) is 0. The molecule has 45 heavy (non-hydrogen) atoms. The van der Waals surface area contributed by atoms with Gasteiger partial charge in [-0.1, -0.05) is 31.9 Å². The van der Waals surface area contributed by atoms with Crippen LogP contribution < -0.4 is 18.9 Å². The number of rotatable bonds is 16. The highest BCUT2D eigenvalue weighted by molar-refractivity contribution is 5.93. The lowest BCUT2D eigenvalue weighted by molar-refractivity contribution is -0.140. The van der Waals surface area contributed by atoms with Crippen LogP contribution in [0.1, 0.15) is 44.0 Å². The van der Waals surface area contributed by atoms with E-state index in [1.54, 1.807) is 69.3 Å². The summed E-state index contributed by atoms with van der Waals surface area (Å²) in [6.45, 7) is 16.0. The molecule has 0 spiro atoms. The largest absolute Gasteiger partial charge is 0.490 e. The van der Waals surface area contributed by atoms with Crippen LogP contribution in [0.4, 0.5) is 0 Å². The van der Waals surface area contributed by atoms with E-state index in [1.807, 2.05) is 0 Å². The predicted molar refractivity (Wildman–Crippen MR) is 168 cm³/mol. The Morgan fingerprint density at radius 1 is 0.556 bits per heavy atom. The standard InChI is InChI=1S/C35H36O10/c1-22(2)32(36)42-17-7-15-40-30-14-11-27(21-31(30)41-16-8-18-43-33(37)23(3)4)35(39)45-29-13-10-25-19-28(12-9-26(25)20-29)44-34(38)24(5)6/h9-14,19-21H,1,3,5,7-8,15-18H2,2,4,6H3. The summed E-state index contributed by atoms with van der Waals surface area (Å²) < 4.78 is 32.8. The van der Waals surface area contributed by atoms with Crippen LogP contribution in [0.3, 0.4) is 0 Å². The van der Waals surface area contributed by atoms with Crippen LogP contribution in [0.15, 0.2) is 91.1 Å². The Balaban J connectivity index is 1.68. The van der Waals surface area contributed by atoms with Crippen molar-refractivity contribution in [3.63, 3.8) is 0 Å². The van der Waals surface area contributed by atoms with E-state index in [1.165, 1.54) is 6.07 Å². The molecule has 0 aliphatic heterocycles. The molecule has 0 atom stereocenters. The first kappa shape index (κ1) is 34.1. The lowest BCUT2D eigenvalue weighted by Crippen LogP contribution is -2.12. The van der Waals surface area contributed by atoms with E-state index >= 15 is 0 Å². The summed E-state index contributed by atoms with van der Waals surface area (Å²) in [4.78, 5) is 48.1. The van der Waals surface area contributed by atoms with Crippen LogP contribution in [0.5, 0.6) is 23.0 Å². The Kier molecular flexibility index (Phi) is 12.5. The normalized spacial score (nSPS) is 10.4. The molecule has 10 nitrogen and oxygen atoms in total. The molecule has 236 valence electrons. The molecule has 0 unspecified atom stereocenters. The van der Waals surface area contributed by atoms with Gasteiger partial charge >= 0.3 is 23.9 Å². The highest BCUT2D eigenvalue weighted by atomic mass is 16.6. The molecule has 0 aliphatic rings. The number of esters is 4. The summed E-state index contributed by atoms with van der Waals surface area (Å²) >= 11 is 0. The van der Waals surface area contributed by atoms with Crippen molar-refractivity contribution in [3.8, 4) is 23.0 Å². The zero-order valence-electron chi connectivity index (χ0n) is 25.6. The fourth-order valence-electron chi connectivity index (χ4n) is 3.61. The number of carbonyl (C=O) groups is 4.